The Hall–Kier alpha value is -1.80. The fourth-order valence-corrected chi connectivity index (χ4v) is 4.31. The van der Waals surface area contributed by atoms with Gasteiger partial charge in [0, 0.05) is 24.4 Å². The maximum atomic E-state index is 13.7. The topological polar surface area (TPSA) is 64.0 Å². The van der Waals surface area contributed by atoms with Crippen molar-refractivity contribution in [3.63, 3.8) is 0 Å². The van der Waals surface area contributed by atoms with Gasteiger partial charge in [-0.2, -0.15) is 5.10 Å². The number of hydrogen-bond donors (Lipinski definition) is 1. The van der Waals surface area contributed by atoms with Crippen LogP contribution in [0.3, 0.4) is 0 Å². The molecule has 1 saturated carbocycles. The standard InChI is InChI=1S/C15H17F2N3O2S/c16-12-5-6-15(14(17)7-12)20-10-11(8-18-20)9-19-23(21,22)13-3-1-2-4-13/h5-8,10,13,19H,1-4,9H2. The normalized spacial score (nSPS) is 16.1. The van der Waals surface area contributed by atoms with E-state index in [1.807, 2.05) is 0 Å². The van der Waals surface area contributed by atoms with Crippen LogP contribution >= 0.6 is 0 Å². The molecule has 23 heavy (non-hydrogen) atoms. The quantitative estimate of drug-likeness (QED) is 0.909. The van der Waals surface area contributed by atoms with Gasteiger partial charge in [0.05, 0.1) is 11.4 Å². The van der Waals surface area contributed by atoms with Crippen molar-refractivity contribution >= 4 is 10.0 Å². The highest BCUT2D eigenvalue weighted by Crippen LogP contribution is 2.24. The Morgan fingerprint density at radius 2 is 2.00 bits per heavy atom. The summed E-state index contributed by atoms with van der Waals surface area (Å²) in [5.41, 5.74) is 0.714. The Labute approximate surface area is 133 Å². The number of sulfonamides is 1. The van der Waals surface area contributed by atoms with E-state index in [0.717, 1.165) is 25.0 Å². The molecule has 0 radical (unpaired) electrons. The zero-order chi connectivity index (χ0) is 16.4. The summed E-state index contributed by atoms with van der Waals surface area (Å²) in [5.74, 6) is -1.39. The first kappa shape index (κ1) is 16.1. The van der Waals surface area contributed by atoms with Crippen molar-refractivity contribution in [2.24, 2.45) is 0 Å². The van der Waals surface area contributed by atoms with Gasteiger partial charge in [0.1, 0.15) is 11.5 Å². The van der Waals surface area contributed by atoms with Crippen molar-refractivity contribution in [3.05, 3.63) is 47.8 Å². The van der Waals surface area contributed by atoms with Gasteiger partial charge >= 0.3 is 0 Å². The van der Waals surface area contributed by atoms with Gasteiger partial charge in [-0.1, -0.05) is 12.8 Å². The number of halogens is 2. The lowest BCUT2D eigenvalue weighted by molar-refractivity contribution is 0.564. The van der Waals surface area contributed by atoms with Crippen LogP contribution < -0.4 is 4.72 Å². The number of nitrogens with zero attached hydrogens (tertiary/aromatic N) is 2. The molecule has 0 aliphatic heterocycles. The molecule has 1 N–H and O–H groups in total. The molecule has 1 aliphatic carbocycles. The van der Waals surface area contributed by atoms with Crippen LogP contribution in [-0.4, -0.2) is 23.4 Å². The third-order valence-corrected chi connectivity index (χ3v) is 5.91. The Morgan fingerprint density at radius 1 is 1.26 bits per heavy atom. The van der Waals surface area contributed by atoms with E-state index >= 15 is 0 Å². The van der Waals surface area contributed by atoms with Gasteiger partial charge in [0.15, 0.2) is 5.82 Å². The highest BCUT2D eigenvalue weighted by molar-refractivity contribution is 7.90. The van der Waals surface area contributed by atoms with Crippen LogP contribution in [0.5, 0.6) is 0 Å². The number of rotatable bonds is 5. The average Bonchev–Trinajstić information content (AvgIpc) is 3.17. The molecule has 3 rings (SSSR count). The zero-order valence-corrected chi connectivity index (χ0v) is 13.2. The second-order valence-corrected chi connectivity index (χ2v) is 7.71. The van der Waals surface area contributed by atoms with Gasteiger partial charge < -0.3 is 0 Å². The molecule has 0 atom stereocenters. The Balaban J connectivity index is 1.70. The summed E-state index contributed by atoms with van der Waals surface area (Å²) in [6, 6.07) is 3.20. The van der Waals surface area contributed by atoms with Crippen LogP contribution in [0.4, 0.5) is 8.78 Å². The molecular formula is C15H17F2N3O2S. The van der Waals surface area contributed by atoms with Crippen LogP contribution in [0, 0.1) is 11.6 Å². The third-order valence-electron chi connectivity index (χ3n) is 4.01. The molecule has 1 aromatic carbocycles. The molecule has 0 spiro atoms. The van der Waals surface area contributed by atoms with Crippen LogP contribution in [-0.2, 0) is 16.6 Å². The average molecular weight is 341 g/mol. The molecule has 5 nitrogen and oxygen atoms in total. The summed E-state index contributed by atoms with van der Waals surface area (Å²) in [4.78, 5) is 0. The number of benzene rings is 1. The Bertz CT molecular complexity index is 799. The molecule has 2 aromatic rings. The SMILES string of the molecule is O=S(=O)(NCc1cnn(-c2ccc(F)cc2F)c1)C1CCCC1. The van der Waals surface area contributed by atoms with Gasteiger partial charge in [-0.15, -0.1) is 0 Å². The molecule has 8 heteroatoms. The first-order valence-electron chi connectivity index (χ1n) is 7.43. The molecule has 124 valence electrons. The molecule has 1 aliphatic rings. The van der Waals surface area contributed by atoms with Crippen LogP contribution in [0.1, 0.15) is 31.2 Å². The monoisotopic (exact) mass is 341 g/mol. The molecular weight excluding hydrogens is 324 g/mol. The van der Waals surface area contributed by atoms with Crippen LogP contribution in [0.25, 0.3) is 5.69 Å². The first-order valence-corrected chi connectivity index (χ1v) is 8.98. The molecule has 0 bridgehead atoms. The highest BCUT2D eigenvalue weighted by atomic mass is 32.2. The summed E-state index contributed by atoms with van der Waals surface area (Å²) in [6.07, 6.45) is 6.24. The maximum absolute atomic E-state index is 13.7. The van der Waals surface area contributed by atoms with E-state index < -0.39 is 21.7 Å². The number of aromatic nitrogens is 2. The van der Waals surface area contributed by atoms with Crippen LogP contribution in [0.2, 0.25) is 0 Å². The summed E-state index contributed by atoms with van der Waals surface area (Å²) in [5, 5.41) is 3.67. The second-order valence-electron chi connectivity index (χ2n) is 5.66. The predicted molar refractivity (Wildman–Crippen MR) is 81.5 cm³/mol. The Kier molecular flexibility index (Phi) is 4.45. The number of hydrogen-bond acceptors (Lipinski definition) is 3. The van der Waals surface area contributed by atoms with E-state index in [-0.39, 0.29) is 17.5 Å². The van der Waals surface area contributed by atoms with Gasteiger partial charge in [-0.3, -0.25) is 0 Å². The fraction of sp³-hybridized carbons (Fsp3) is 0.400. The summed E-state index contributed by atoms with van der Waals surface area (Å²) < 4.78 is 54.7. The molecule has 0 unspecified atom stereocenters. The van der Waals surface area contributed by atoms with E-state index in [0.29, 0.717) is 18.4 Å². The van der Waals surface area contributed by atoms with Gasteiger partial charge in [0.25, 0.3) is 0 Å². The fourth-order valence-electron chi connectivity index (χ4n) is 2.75. The minimum Gasteiger partial charge on any atom is -0.238 e. The summed E-state index contributed by atoms with van der Waals surface area (Å²) in [6.45, 7) is 0.0989. The van der Waals surface area contributed by atoms with Gasteiger partial charge in [0.2, 0.25) is 10.0 Å². The predicted octanol–water partition coefficient (Wildman–Crippen LogP) is 2.51. The van der Waals surface area contributed by atoms with Gasteiger partial charge in [-0.05, 0) is 25.0 Å². The lowest BCUT2D eigenvalue weighted by Crippen LogP contribution is -2.32. The summed E-state index contributed by atoms with van der Waals surface area (Å²) >= 11 is 0. The van der Waals surface area contributed by atoms with E-state index in [9.17, 15) is 17.2 Å². The maximum Gasteiger partial charge on any atom is 0.214 e. The van der Waals surface area contributed by atoms with E-state index in [1.165, 1.54) is 23.1 Å². The second kappa shape index (κ2) is 6.37. The van der Waals surface area contributed by atoms with Crippen molar-refractivity contribution in [3.8, 4) is 5.69 Å². The largest absolute Gasteiger partial charge is 0.238 e. The van der Waals surface area contributed by atoms with Crippen molar-refractivity contribution in [1.29, 1.82) is 0 Å². The minimum absolute atomic E-state index is 0.0989. The van der Waals surface area contributed by atoms with Gasteiger partial charge in [-0.25, -0.2) is 26.6 Å². The Morgan fingerprint density at radius 3 is 2.70 bits per heavy atom. The molecule has 1 fully saturated rings. The highest BCUT2D eigenvalue weighted by Gasteiger charge is 2.28. The minimum atomic E-state index is -3.34. The van der Waals surface area contributed by atoms with E-state index in [2.05, 4.69) is 9.82 Å². The summed E-state index contributed by atoms with van der Waals surface area (Å²) in [7, 11) is -3.34. The van der Waals surface area contributed by atoms with E-state index in [4.69, 9.17) is 0 Å². The van der Waals surface area contributed by atoms with Crippen molar-refractivity contribution in [2.45, 2.75) is 37.5 Å². The smallest absolute Gasteiger partial charge is 0.214 e. The zero-order valence-electron chi connectivity index (χ0n) is 12.4. The molecule has 0 saturated heterocycles. The first-order chi connectivity index (χ1) is 11.0. The number of nitrogens with one attached hydrogen (secondary N) is 1. The molecule has 1 heterocycles. The van der Waals surface area contributed by atoms with Crippen LogP contribution in [0.15, 0.2) is 30.6 Å². The molecule has 1 aromatic heterocycles. The van der Waals surface area contributed by atoms with Crippen molar-refractivity contribution < 1.29 is 17.2 Å². The van der Waals surface area contributed by atoms with Crippen molar-refractivity contribution in [2.75, 3.05) is 0 Å². The lowest BCUT2D eigenvalue weighted by atomic mass is 10.3. The molecule has 0 amide bonds. The van der Waals surface area contributed by atoms with Crippen molar-refractivity contribution in [1.82, 2.24) is 14.5 Å². The third kappa shape index (κ3) is 3.59. The lowest BCUT2D eigenvalue weighted by Gasteiger charge is -2.11. The van der Waals surface area contributed by atoms with E-state index in [1.54, 1.807) is 0 Å².